The van der Waals surface area contributed by atoms with Gasteiger partial charge in [0.1, 0.15) is 9.77 Å². The third-order valence-electron chi connectivity index (χ3n) is 3.79. The summed E-state index contributed by atoms with van der Waals surface area (Å²) >= 11 is 4.09. The fourth-order valence-electron chi connectivity index (χ4n) is 2.63. The molecule has 2 rings (SSSR count). The highest BCUT2D eigenvalue weighted by atomic mass is 79.9. The minimum atomic E-state index is -3.65. The van der Waals surface area contributed by atoms with Gasteiger partial charge in [0.05, 0.1) is 3.79 Å². The molecule has 1 heterocycles. The summed E-state index contributed by atoms with van der Waals surface area (Å²) in [6.45, 7) is 0.493. The Morgan fingerprint density at radius 3 is 2.57 bits per heavy atom. The zero-order chi connectivity index (χ0) is 15.6. The molecule has 1 N–H and O–H groups in total. The monoisotopic (exact) mass is 395 g/mol. The number of rotatable bonds is 5. The lowest BCUT2D eigenvalue weighted by Crippen LogP contribution is -2.32. The van der Waals surface area contributed by atoms with Crippen LogP contribution in [0.5, 0.6) is 0 Å². The number of halogens is 1. The van der Waals surface area contributed by atoms with E-state index in [0.29, 0.717) is 16.2 Å². The first-order chi connectivity index (χ1) is 9.82. The Morgan fingerprint density at radius 1 is 1.43 bits per heavy atom. The molecule has 0 unspecified atom stereocenters. The molecule has 118 valence electrons. The van der Waals surface area contributed by atoms with Crippen LogP contribution in [0.4, 0.5) is 0 Å². The van der Waals surface area contributed by atoms with Gasteiger partial charge in [-0.25, -0.2) is 17.5 Å². The van der Waals surface area contributed by atoms with Crippen LogP contribution in [-0.4, -0.2) is 37.4 Å². The first-order valence-electron chi connectivity index (χ1n) is 6.81. The van der Waals surface area contributed by atoms with Gasteiger partial charge in [-0.2, -0.15) is 0 Å². The molecule has 21 heavy (non-hydrogen) atoms. The van der Waals surface area contributed by atoms with Crippen LogP contribution in [0.1, 0.15) is 41.8 Å². The van der Waals surface area contributed by atoms with Crippen molar-refractivity contribution in [3.63, 3.8) is 0 Å². The van der Waals surface area contributed by atoms with E-state index in [1.165, 1.54) is 16.8 Å². The minimum absolute atomic E-state index is 0.0199. The quantitative estimate of drug-likeness (QED) is 0.828. The molecule has 1 aliphatic rings. The topological polar surface area (TPSA) is 74.7 Å². The Bertz CT molecular complexity index is 620. The van der Waals surface area contributed by atoms with Crippen LogP contribution < -0.4 is 0 Å². The van der Waals surface area contributed by atoms with Gasteiger partial charge in [-0.15, -0.1) is 11.3 Å². The first-order valence-corrected chi connectivity index (χ1v) is 9.86. The molecule has 1 aliphatic carbocycles. The molecule has 0 saturated heterocycles. The predicted octanol–water partition coefficient (Wildman–Crippen LogP) is 3.41. The fourth-order valence-corrected chi connectivity index (χ4v) is 6.23. The maximum Gasteiger partial charge on any atom is 0.345 e. The molecular weight excluding hydrogens is 378 g/mol. The van der Waals surface area contributed by atoms with E-state index >= 15 is 0 Å². The van der Waals surface area contributed by atoms with Gasteiger partial charge in [0.2, 0.25) is 10.0 Å². The number of hydrogen-bond donors (Lipinski definition) is 1. The number of thiophene rings is 1. The summed E-state index contributed by atoms with van der Waals surface area (Å²) in [6, 6.07) is 1.23. The van der Waals surface area contributed by atoms with Gasteiger partial charge in [-0.05, 0) is 40.8 Å². The molecule has 0 aliphatic heterocycles. The van der Waals surface area contributed by atoms with E-state index in [1.807, 2.05) is 0 Å². The first kappa shape index (κ1) is 16.9. The van der Waals surface area contributed by atoms with Crippen molar-refractivity contribution < 1.29 is 18.3 Å². The maximum absolute atomic E-state index is 12.6. The highest BCUT2D eigenvalue weighted by molar-refractivity contribution is 9.11. The van der Waals surface area contributed by atoms with E-state index in [2.05, 4.69) is 15.9 Å². The van der Waals surface area contributed by atoms with Gasteiger partial charge in [0, 0.05) is 13.6 Å². The molecule has 1 aromatic heterocycles. The average molecular weight is 396 g/mol. The summed E-state index contributed by atoms with van der Waals surface area (Å²) in [6.07, 6.45) is 5.66. The van der Waals surface area contributed by atoms with E-state index in [-0.39, 0.29) is 9.77 Å². The van der Waals surface area contributed by atoms with Crippen molar-refractivity contribution in [1.29, 1.82) is 0 Å². The SMILES string of the molecule is CN(CC1CCCCC1)S(=O)(=O)c1cc(C(=O)O)sc1Br. The molecule has 0 aromatic carbocycles. The van der Waals surface area contributed by atoms with Crippen LogP contribution in [0.15, 0.2) is 14.7 Å². The minimum Gasteiger partial charge on any atom is -0.477 e. The summed E-state index contributed by atoms with van der Waals surface area (Å²) in [5.41, 5.74) is 0. The Morgan fingerprint density at radius 2 is 2.05 bits per heavy atom. The van der Waals surface area contributed by atoms with Crippen molar-refractivity contribution >= 4 is 43.3 Å². The van der Waals surface area contributed by atoms with Gasteiger partial charge >= 0.3 is 5.97 Å². The molecule has 0 spiro atoms. The van der Waals surface area contributed by atoms with Crippen LogP contribution in [0.3, 0.4) is 0 Å². The lowest BCUT2D eigenvalue weighted by molar-refractivity contribution is 0.0702. The number of carbonyl (C=O) groups is 1. The fraction of sp³-hybridized carbons (Fsp3) is 0.615. The van der Waals surface area contributed by atoms with Gasteiger partial charge in [0.15, 0.2) is 0 Å². The molecule has 1 aromatic rings. The second kappa shape index (κ2) is 6.76. The number of carboxylic acid groups (broad SMARTS) is 1. The number of sulfonamides is 1. The van der Waals surface area contributed by atoms with Crippen molar-refractivity contribution in [3.05, 3.63) is 14.7 Å². The van der Waals surface area contributed by atoms with E-state index in [9.17, 15) is 13.2 Å². The lowest BCUT2D eigenvalue weighted by atomic mass is 9.89. The highest BCUT2D eigenvalue weighted by Crippen LogP contribution is 2.34. The summed E-state index contributed by atoms with van der Waals surface area (Å²) in [5, 5.41) is 8.97. The smallest absolute Gasteiger partial charge is 0.345 e. The molecule has 0 atom stereocenters. The number of nitrogens with zero attached hydrogens (tertiary/aromatic N) is 1. The van der Waals surface area contributed by atoms with Crippen LogP contribution >= 0.6 is 27.3 Å². The largest absolute Gasteiger partial charge is 0.477 e. The number of aromatic carboxylic acids is 1. The number of carboxylic acids is 1. The van der Waals surface area contributed by atoms with Gasteiger partial charge in [-0.3, -0.25) is 0 Å². The summed E-state index contributed by atoms with van der Waals surface area (Å²) in [4.78, 5) is 11.0. The Kier molecular flexibility index (Phi) is 5.45. The molecule has 0 bridgehead atoms. The second-order valence-corrected chi connectivity index (χ2v) is 9.73. The second-order valence-electron chi connectivity index (χ2n) is 5.34. The number of hydrogen-bond acceptors (Lipinski definition) is 4. The van der Waals surface area contributed by atoms with Crippen LogP contribution in [0.25, 0.3) is 0 Å². The third kappa shape index (κ3) is 3.85. The van der Waals surface area contributed by atoms with Gasteiger partial charge in [0.25, 0.3) is 0 Å². The highest BCUT2D eigenvalue weighted by Gasteiger charge is 2.29. The van der Waals surface area contributed by atoms with Crippen LogP contribution in [-0.2, 0) is 10.0 Å². The lowest BCUT2D eigenvalue weighted by Gasteiger charge is -2.26. The molecule has 0 radical (unpaired) electrons. The molecule has 5 nitrogen and oxygen atoms in total. The standard InChI is InChI=1S/C13H18BrNO4S2/c1-15(8-9-5-3-2-4-6-9)21(18,19)11-7-10(13(16)17)20-12(11)14/h7,9H,2-6,8H2,1H3,(H,16,17). The van der Waals surface area contributed by atoms with E-state index in [4.69, 9.17) is 5.11 Å². The molecule has 1 fully saturated rings. The van der Waals surface area contributed by atoms with Crippen molar-refractivity contribution in [2.45, 2.75) is 37.0 Å². The van der Waals surface area contributed by atoms with E-state index in [0.717, 1.165) is 37.0 Å². The summed E-state index contributed by atoms with van der Waals surface area (Å²) in [5.74, 6) is -0.716. The normalized spacial score (nSPS) is 17.3. The Hall–Kier alpha value is -0.440. The van der Waals surface area contributed by atoms with Crippen LogP contribution in [0, 0.1) is 5.92 Å². The van der Waals surface area contributed by atoms with Crippen molar-refractivity contribution in [2.24, 2.45) is 5.92 Å². The predicted molar refractivity (Wildman–Crippen MR) is 85.4 cm³/mol. The Labute approximate surface area is 137 Å². The summed E-state index contributed by atoms with van der Waals surface area (Å²) in [7, 11) is -2.08. The average Bonchev–Trinajstić information content (AvgIpc) is 2.83. The van der Waals surface area contributed by atoms with Crippen LogP contribution in [0.2, 0.25) is 0 Å². The third-order valence-corrected chi connectivity index (χ3v) is 7.86. The van der Waals surface area contributed by atoms with Crippen molar-refractivity contribution in [1.82, 2.24) is 4.31 Å². The van der Waals surface area contributed by atoms with Crippen molar-refractivity contribution in [3.8, 4) is 0 Å². The van der Waals surface area contributed by atoms with E-state index < -0.39 is 16.0 Å². The van der Waals surface area contributed by atoms with Gasteiger partial charge < -0.3 is 5.11 Å². The van der Waals surface area contributed by atoms with Crippen molar-refractivity contribution in [2.75, 3.05) is 13.6 Å². The molecule has 8 heteroatoms. The van der Waals surface area contributed by atoms with E-state index in [1.54, 1.807) is 7.05 Å². The maximum atomic E-state index is 12.6. The van der Waals surface area contributed by atoms with Gasteiger partial charge in [-0.1, -0.05) is 19.3 Å². The molecular formula is C13H18BrNO4S2. The zero-order valence-corrected chi connectivity index (χ0v) is 14.9. The molecule has 0 amide bonds. The summed E-state index contributed by atoms with van der Waals surface area (Å²) < 4.78 is 26.8. The zero-order valence-electron chi connectivity index (χ0n) is 11.7. The Balaban J connectivity index is 2.18. The molecule has 1 saturated carbocycles.